The average Bonchev–Trinajstić information content (AvgIpc) is 3.15. The second-order valence-corrected chi connectivity index (χ2v) is 7.55. The van der Waals surface area contributed by atoms with Gasteiger partial charge in [0.15, 0.2) is 0 Å². The van der Waals surface area contributed by atoms with Gasteiger partial charge < -0.3 is 24.1 Å². The molecule has 30 heavy (non-hydrogen) atoms. The molecule has 0 bridgehead atoms. The molecule has 1 aromatic carbocycles. The molecule has 0 amide bonds. The first kappa shape index (κ1) is 22.1. The molecule has 164 valence electrons. The number of carbonyl (C=O) groups excluding carboxylic acids is 2. The van der Waals surface area contributed by atoms with Crippen molar-refractivity contribution in [2.45, 2.75) is 39.7 Å². The van der Waals surface area contributed by atoms with E-state index in [-0.39, 0.29) is 30.3 Å². The van der Waals surface area contributed by atoms with Crippen molar-refractivity contribution in [3.8, 4) is 11.5 Å². The van der Waals surface area contributed by atoms with Crippen LogP contribution in [0.15, 0.2) is 11.6 Å². The maximum absolute atomic E-state index is 12.0. The molecule has 1 N–H and O–H groups in total. The zero-order valence-electron chi connectivity index (χ0n) is 17.8. The van der Waals surface area contributed by atoms with Crippen molar-refractivity contribution >= 4 is 11.9 Å². The van der Waals surface area contributed by atoms with Crippen LogP contribution in [0.25, 0.3) is 0 Å². The number of aromatic hydroxyl groups is 1. The van der Waals surface area contributed by atoms with Crippen molar-refractivity contribution < 1.29 is 33.6 Å². The van der Waals surface area contributed by atoms with Crippen LogP contribution in [-0.4, -0.2) is 62.1 Å². The summed E-state index contributed by atoms with van der Waals surface area (Å²) in [5.41, 5.74) is 3.22. The number of esters is 2. The van der Waals surface area contributed by atoms with Gasteiger partial charge in [-0.15, -0.1) is 0 Å². The van der Waals surface area contributed by atoms with E-state index < -0.39 is 5.97 Å². The van der Waals surface area contributed by atoms with Crippen LogP contribution in [0.3, 0.4) is 0 Å². The Kier molecular flexibility index (Phi) is 7.33. The Morgan fingerprint density at radius 1 is 1.27 bits per heavy atom. The van der Waals surface area contributed by atoms with Gasteiger partial charge in [0.2, 0.25) is 0 Å². The highest BCUT2D eigenvalue weighted by molar-refractivity contribution is 5.98. The molecule has 0 radical (unpaired) electrons. The number of ether oxygens (including phenoxy) is 4. The SMILES string of the molecule is COc1c(C)c2c(c(O)c1CC=C(C)CCC(=O)OCN1CCOCC1)C(=O)OC2. The summed E-state index contributed by atoms with van der Waals surface area (Å²) in [7, 11) is 1.54. The monoisotopic (exact) mass is 419 g/mol. The highest BCUT2D eigenvalue weighted by Crippen LogP contribution is 2.42. The second-order valence-electron chi connectivity index (χ2n) is 7.55. The van der Waals surface area contributed by atoms with Crippen molar-refractivity contribution in [3.63, 3.8) is 0 Å². The van der Waals surface area contributed by atoms with Crippen LogP contribution < -0.4 is 4.74 Å². The molecule has 2 aliphatic heterocycles. The summed E-state index contributed by atoms with van der Waals surface area (Å²) in [6, 6.07) is 0. The normalized spacial score (nSPS) is 16.9. The highest BCUT2D eigenvalue weighted by Gasteiger charge is 2.31. The minimum atomic E-state index is -0.516. The lowest BCUT2D eigenvalue weighted by Crippen LogP contribution is -2.38. The number of phenols is 1. The molecular weight excluding hydrogens is 390 g/mol. The number of benzene rings is 1. The third-order valence-corrected chi connectivity index (χ3v) is 5.54. The predicted molar refractivity (Wildman–Crippen MR) is 109 cm³/mol. The van der Waals surface area contributed by atoms with Gasteiger partial charge in [0, 0.05) is 30.6 Å². The van der Waals surface area contributed by atoms with Gasteiger partial charge in [-0.3, -0.25) is 9.69 Å². The number of fused-ring (bicyclic) bond motifs is 1. The minimum Gasteiger partial charge on any atom is -0.507 e. The molecule has 2 heterocycles. The molecule has 0 unspecified atom stereocenters. The summed E-state index contributed by atoms with van der Waals surface area (Å²) in [5.74, 6) is -0.300. The number of carbonyl (C=O) groups is 2. The van der Waals surface area contributed by atoms with Gasteiger partial charge >= 0.3 is 11.9 Å². The van der Waals surface area contributed by atoms with E-state index in [2.05, 4.69) is 0 Å². The highest BCUT2D eigenvalue weighted by atomic mass is 16.5. The Morgan fingerprint density at radius 2 is 2.00 bits per heavy atom. The maximum atomic E-state index is 12.0. The van der Waals surface area contributed by atoms with Crippen molar-refractivity contribution in [2.24, 2.45) is 0 Å². The zero-order chi connectivity index (χ0) is 21.7. The number of methoxy groups -OCH3 is 1. The largest absolute Gasteiger partial charge is 0.507 e. The molecule has 3 rings (SSSR count). The van der Waals surface area contributed by atoms with Gasteiger partial charge in [0.05, 0.1) is 20.3 Å². The van der Waals surface area contributed by atoms with Gasteiger partial charge in [-0.25, -0.2) is 4.79 Å². The number of cyclic esters (lactones) is 1. The van der Waals surface area contributed by atoms with E-state index in [0.717, 1.165) is 24.2 Å². The number of hydrogen-bond acceptors (Lipinski definition) is 8. The molecule has 0 aliphatic carbocycles. The van der Waals surface area contributed by atoms with Gasteiger partial charge in [-0.1, -0.05) is 11.6 Å². The topological polar surface area (TPSA) is 94.5 Å². The van der Waals surface area contributed by atoms with E-state index in [1.54, 1.807) is 0 Å². The fraction of sp³-hybridized carbons (Fsp3) is 0.545. The first-order valence-corrected chi connectivity index (χ1v) is 10.1. The molecule has 1 aromatic rings. The number of phenolic OH excluding ortho intramolecular Hbond substituents is 1. The summed E-state index contributed by atoms with van der Waals surface area (Å²) >= 11 is 0. The molecule has 1 saturated heterocycles. The van der Waals surface area contributed by atoms with Crippen molar-refractivity contribution in [3.05, 3.63) is 33.9 Å². The van der Waals surface area contributed by atoms with Crippen molar-refractivity contribution in [2.75, 3.05) is 40.1 Å². The van der Waals surface area contributed by atoms with Gasteiger partial charge in [-0.2, -0.15) is 0 Å². The van der Waals surface area contributed by atoms with Crippen LogP contribution in [0.2, 0.25) is 0 Å². The summed E-state index contributed by atoms with van der Waals surface area (Å²) < 4.78 is 21.1. The first-order valence-electron chi connectivity index (χ1n) is 10.1. The first-order chi connectivity index (χ1) is 14.4. The summed E-state index contributed by atoms with van der Waals surface area (Å²) in [4.78, 5) is 26.0. The predicted octanol–water partition coefficient (Wildman–Crippen LogP) is 2.48. The summed E-state index contributed by atoms with van der Waals surface area (Å²) in [5, 5.41) is 10.6. The van der Waals surface area contributed by atoms with E-state index >= 15 is 0 Å². The molecule has 0 atom stereocenters. The van der Waals surface area contributed by atoms with E-state index in [0.29, 0.717) is 49.7 Å². The quantitative estimate of drug-likeness (QED) is 0.507. The standard InChI is InChI=1S/C22H29NO7/c1-14(5-7-18(24)30-13-23-8-10-28-11-9-23)4-6-16-20(25)19-17(12-29-22(19)26)15(2)21(16)27-3/h4,25H,5-13H2,1-3H3. The molecule has 0 spiro atoms. The van der Waals surface area contributed by atoms with E-state index in [4.69, 9.17) is 18.9 Å². The van der Waals surface area contributed by atoms with E-state index in [1.807, 2.05) is 24.8 Å². The fourth-order valence-electron chi connectivity index (χ4n) is 3.67. The van der Waals surface area contributed by atoms with E-state index in [9.17, 15) is 14.7 Å². The molecule has 8 heteroatoms. The van der Waals surface area contributed by atoms with Crippen LogP contribution in [0.4, 0.5) is 0 Å². The molecule has 2 aliphatic rings. The Balaban J connectivity index is 1.58. The minimum absolute atomic E-state index is 0.0936. The number of rotatable bonds is 8. The Labute approximate surface area is 176 Å². The Morgan fingerprint density at radius 3 is 2.70 bits per heavy atom. The Hall–Kier alpha value is -2.58. The van der Waals surface area contributed by atoms with Gasteiger partial charge in [-0.05, 0) is 32.3 Å². The Bertz CT molecular complexity index is 841. The zero-order valence-corrected chi connectivity index (χ0v) is 17.8. The fourth-order valence-corrected chi connectivity index (χ4v) is 3.67. The van der Waals surface area contributed by atoms with Crippen LogP contribution in [0.5, 0.6) is 11.5 Å². The number of nitrogens with zero attached hydrogens (tertiary/aromatic N) is 1. The average molecular weight is 419 g/mol. The third-order valence-electron chi connectivity index (χ3n) is 5.54. The van der Waals surface area contributed by atoms with Crippen LogP contribution in [0.1, 0.15) is 46.8 Å². The lowest BCUT2D eigenvalue weighted by Gasteiger charge is -2.25. The molecule has 8 nitrogen and oxygen atoms in total. The lowest BCUT2D eigenvalue weighted by atomic mass is 9.94. The summed E-state index contributed by atoms with van der Waals surface area (Å²) in [6.07, 6.45) is 3.15. The maximum Gasteiger partial charge on any atom is 0.342 e. The number of hydrogen-bond donors (Lipinski definition) is 1. The van der Waals surface area contributed by atoms with Gasteiger partial charge in [0.25, 0.3) is 0 Å². The van der Waals surface area contributed by atoms with Crippen LogP contribution in [0, 0.1) is 6.92 Å². The molecule has 1 fully saturated rings. The van der Waals surface area contributed by atoms with Crippen LogP contribution >= 0.6 is 0 Å². The molecular formula is C22H29NO7. The number of allylic oxidation sites excluding steroid dienone is 2. The lowest BCUT2D eigenvalue weighted by molar-refractivity contribution is -0.150. The number of morpholine rings is 1. The van der Waals surface area contributed by atoms with Crippen molar-refractivity contribution in [1.82, 2.24) is 4.90 Å². The van der Waals surface area contributed by atoms with E-state index in [1.165, 1.54) is 7.11 Å². The smallest absolute Gasteiger partial charge is 0.342 e. The van der Waals surface area contributed by atoms with Gasteiger partial charge in [0.1, 0.15) is 30.4 Å². The molecule has 0 saturated carbocycles. The third kappa shape index (κ3) is 4.94. The van der Waals surface area contributed by atoms with Crippen molar-refractivity contribution in [1.29, 1.82) is 0 Å². The second kappa shape index (κ2) is 9.95. The summed E-state index contributed by atoms with van der Waals surface area (Å²) in [6.45, 7) is 7.07. The van der Waals surface area contributed by atoms with Crippen LogP contribution in [-0.2, 0) is 32.0 Å². The molecule has 0 aromatic heterocycles.